The summed E-state index contributed by atoms with van der Waals surface area (Å²) >= 11 is 0. The molecule has 0 saturated carbocycles. The van der Waals surface area contributed by atoms with Gasteiger partial charge in [-0.15, -0.1) is 0 Å². The SMILES string of the molecule is O=C(COc1c(CO)cc(F)cc1CO)N1CCc2ccccc21. The maximum atomic E-state index is 13.4. The van der Waals surface area contributed by atoms with Crippen molar-refractivity contribution in [2.45, 2.75) is 19.6 Å². The zero-order valence-corrected chi connectivity index (χ0v) is 13.0. The number of anilines is 1. The molecule has 0 fully saturated rings. The average Bonchev–Trinajstić information content (AvgIpc) is 3.03. The van der Waals surface area contributed by atoms with Gasteiger partial charge in [-0.3, -0.25) is 4.79 Å². The Morgan fingerprint density at radius 1 is 1.17 bits per heavy atom. The Kier molecular flexibility index (Phi) is 4.78. The molecule has 0 spiro atoms. The number of hydrogen-bond acceptors (Lipinski definition) is 4. The molecule has 24 heavy (non-hydrogen) atoms. The Hall–Kier alpha value is -2.44. The summed E-state index contributed by atoms with van der Waals surface area (Å²) in [7, 11) is 0. The number of hydrogen-bond donors (Lipinski definition) is 2. The van der Waals surface area contributed by atoms with Crippen LogP contribution in [0.5, 0.6) is 5.75 Å². The van der Waals surface area contributed by atoms with Gasteiger partial charge in [-0.05, 0) is 30.2 Å². The summed E-state index contributed by atoms with van der Waals surface area (Å²) in [5.74, 6) is -0.644. The van der Waals surface area contributed by atoms with Gasteiger partial charge in [-0.2, -0.15) is 0 Å². The summed E-state index contributed by atoms with van der Waals surface area (Å²) in [6, 6.07) is 9.93. The second-order valence-corrected chi connectivity index (χ2v) is 5.58. The van der Waals surface area contributed by atoms with Crippen molar-refractivity contribution in [3.05, 3.63) is 58.9 Å². The van der Waals surface area contributed by atoms with E-state index in [9.17, 15) is 19.4 Å². The van der Waals surface area contributed by atoms with E-state index < -0.39 is 19.0 Å². The molecule has 0 saturated heterocycles. The molecule has 5 nitrogen and oxygen atoms in total. The summed E-state index contributed by atoms with van der Waals surface area (Å²) in [6.45, 7) is -0.549. The number of amides is 1. The van der Waals surface area contributed by atoms with Crippen molar-refractivity contribution < 1.29 is 24.1 Å². The van der Waals surface area contributed by atoms with E-state index in [4.69, 9.17) is 4.74 Å². The number of carbonyl (C=O) groups is 1. The third-order valence-electron chi connectivity index (χ3n) is 4.08. The van der Waals surface area contributed by atoms with Crippen LogP contribution in [-0.4, -0.2) is 29.3 Å². The summed E-state index contributed by atoms with van der Waals surface area (Å²) in [6.07, 6.45) is 0.794. The van der Waals surface area contributed by atoms with E-state index in [1.807, 2.05) is 24.3 Å². The largest absolute Gasteiger partial charge is 0.483 e. The second kappa shape index (κ2) is 6.98. The third kappa shape index (κ3) is 3.11. The minimum atomic E-state index is -0.574. The molecule has 0 aliphatic carbocycles. The van der Waals surface area contributed by atoms with Gasteiger partial charge in [0.1, 0.15) is 11.6 Å². The van der Waals surface area contributed by atoms with Crippen LogP contribution in [0.1, 0.15) is 16.7 Å². The molecule has 6 heteroatoms. The van der Waals surface area contributed by atoms with Crippen LogP contribution in [0.3, 0.4) is 0 Å². The molecule has 0 unspecified atom stereocenters. The highest BCUT2D eigenvalue weighted by atomic mass is 19.1. The van der Waals surface area contributed by atoms with Crippen LogP contribution in [0, 0.1) is 5.82 Å². The first-order valence-electron chi connectivity index (χ1n) is 7.68. The first kappa shape index (κ1) is 16.4. The summed E-state index contributed by atoms with van der Waals surface area (Å²) < 4.78 is 19.0. The van der Waals surface area contributed by atoms with Gasteiger partial charge in [0, 0.05) is 23.4 Å². The lowest BCUT2D eigenvalue weighted by Crippen LogP contribution is -2.33. The molecule has 2 N–H and O–H groups in total. The molecule has 0 atom stereocenters. The van der Waals surface area contributed by atoms with Crippen molar-refractivity contribution in [1.82, 2.24) is 0 Å². The van der Waals surface area contributed by atoms with E-state index in [0.29, 0.717) is 6.54 Å². The van der Waals surface area contributed by atoms with E-state index in [0.717, 1.165) is 29.8 Å². The fourth-order valence-corrected chi connectivity index (χ4v) is 2.94. The average molecular weight is 331 g/mol. The number of carbonyl (C=O) groups excluding carboxylic acids is 1. The van der Waals surface area contributed by atoms with Crippen LogP contribution in [0.4, 0.5) is 10.1 Å². The van der Waals surface area contributed by atoms with E-state index >= 15 is 0 Å². The van der Waals surface area contributed by atoms with Gasteiger partial charge in [0.05, 0.1) is 13.2 Å². The number of fused-ring (bicyclic) bond motifs is 1. The van der Waals surface area contributed by atoms with Gasteiger partial charge in [0.2, 0.25) is 0 Å². The minimum Gasteiger partial charge on any atom is -0.483 e. The van der Waals surface area contributed by atoms with Crippen molar-refractivity contribution in [1.29, 1.82) is 0 Å². The Bertz CT molecular complexity index is 737. The van der Waals surface area contributed by atoms with Crippen LogP contribution in [0.25, 0.3) is 0 Å². The fraction of sp³-hybridized carbons (Fsp3) is 0.278. The lowest BCUT2D eigenvalue weighted by molar-refractivity contribution is -0.120. The summed E-state index contributed by atoms with van der Waals surface area (Å²) in [5, 5.41) is 18.7. The molecule has 3 rings (SSSR count). The molecular weight excluding hydrogens is 313 g/mol. The van der Waals surface area contributed by atoms with Crippen molar-refractivity contribution in [3.8, 4) is 5.75 Å². The predicted octanol–water partition coefficient (Wildman–Crippen LogP) is 1.78. The number of para-hydroxylation sites is 1. The van der Waals surface area contributed by atoms with Crippen molar-refractivity contribution in [2.24, 2.45) is 0 Å². The number of halogens is 1. The third-order valence-corrected chi connectivity index (χ3v) is 4.08. The maximum absolute atomic E-state index is 13.4. The molecule has 1 heterocycles. The van der Waals surface area contributed by atoms with Crippen LogP contribution in [-0.2, 0) is 24.4 Å². The molecule has 2 aromatic carbocycles. The normalized spacial score (nSPS) is 13.0. The quantitative estimate of drug-likeness (QED) is 0.876. The van der Waals surface area contributed by atoms with Gasteiger partial charge >= 0.3 is 0 Å². The first-order valence-corrected chi connectivity index (χ1v) is 7.68. The molecule has 1 aliphatic heterocycles. The molecule has 2 aromatic rings. The topological polar surface area (TPSA) is 70.0 Å². The first-order chi connectivity index (χ1) is 11.6. The molecule has 0 bridgehead atoms. The van der Waals surface area contributed by atoms with E-state index in [2.05, 4.69) is 0 Å². The van der Waals surface area contributed by atoms with Gasteiger partial charge in [-0.1, -0.05) is 18.2 Å². The fourth-order valence-electron chi connectivity index (χ4n) is 2.94. The highest BCUT2D eigenvalue weighted by Crippen LogP contribution is 2.29. The van der Waals surface area contributed by atoms with Crippen molar-refractivity contribution in [2.75, 3.05) is 18.1 Å². The molecular formula is C18H18FNO4. The van der Waals surface area contributed by atoms with E-state index in [1.54, 1.807) is 4.90 Å². The zero-order chi connectivity index (χ0) is 17.1. The number of aliphatic hydroxyl groups is 2. The Balaban J connectivity index is 1.76. The van der Waals surface area contributed by atoms with Gasteiger partial charge < -0.3 is 19.8 Å². The van der Waals surface area contributed by atoms with Crippen LogP contribution < -0.4 is 9.64 Å². The maximum Gasteiger partial charge on any atom is 0.264 e. The molecule has 1 amide bonds. The lowest BCUT2D eigenvalue weighted by atomic mass is 10.1. The smallest absolute Gasteiger partial charge is 0.264 e. The summed E-state index contributed by atoms with van der Waals surface area (Å²) in [4.78, 5) is 14.1. The number of aliphatic hydroxyl groups excluding tert-OH is 2. The highest BCUT2D eigenvalue weighted by Gasteiger charge is 2.25. The Morgan fingerprint density at radius 2 is 1.83 bits per heavy atom. The van der Waals surface area contributed by atoms with Crippen molar-refractivity contribution in [3.63, 3.8) is 0 Å². The van der Waals surface area contributed by atoms with E-state index in [-0.39, 0.29) is 29.4 Å². The predicted molar refractivity (Wildman–Crippen MR) is 86.2 cm³/mol. The Morgan fingerprint density at radius 3 is 2.50 bits per heavy atom. The molecule has 0 radical (unpaired) electrons. The lowest BCUT2D eigenvalue weighted by Gasteiger charge is -2.19. The molecule has 1 aliphatic rings. The molecule has 126 valence electrons. The number of ether oxygens (including phenoxy) is 1. The summed E-state index contributed by atoms with van der Waals surface area (Å²) in [5.41, 5.74) is 2.39. The standard InChI is InChI=1S/C18H18FNO4/c19-15-7-13(9-21)18(14(8-15)10-22)24-11-17(23)20-6-5-12-3-1-2-4-16(12)20/h1-4,7-8,21-22H,5-6,9-11H2. The number of nitrogens with zero attached hydrogens (tertiary/aromatic N) is 1. The van der Waals surface area contributed by atoms with Crippen molar-refractivity contribution >= 4 is 11.6 Å². The van der Waals surface area contributed by atoms with E-state index in [1.165, 1.54) is 0 Å². The second-order valence-electron chi connectivity index (χ2n) is 5.58. The Labute approximate surface area is 138 Å². The van der Waals surface area contributed by atoms with Gasteiger partial charge in [-0.25, -0.2) is 4.39 Å². The number of benzene rings is 2. The van der Waals surface area contributed by atoms with Crippen LogP contribution in [0.15, 0.2) is 36.4 Å². The zero-order valence-electron chi connectivity index (χ0n) is 13.0. The van der Waals surface area contributed by atoms with Crippen LogP contribution in [0.2, 0.25) is 0 Å². The van der Waals surface area contributed by atoms with Crippen LogP contribution >= 0.6 is 0 Å². The van der Waals surface area contributed by atoms with Gasteiger partial charge in [0.15, 0.2) is 6.61 Å². The monoisotopic (exact) mass is 331 g/mol. The molecule has 0 aromatic heterocycles. The highest BCUT2D eigenvalue weighted by molar-refractivity contribution is 5.96. The number of rotatable bonds is 5. The van der Waals surface area contributed by atoms with Gasteiger partial charge in [0.25, 0.3) is 5.91 Å². The minimum absolute atomic E-state index is 0.155.